The van der Waals surface area contributed by atoms with E-state index in [4.69, 9.17) is 9.47 Å². The molecule has 1 amide bonds. The predicted molar refractivity (Wildman–Crippen MR) is 71.3 cm³/mol. The Morgan fingerprint density at radius 1 is 1.53 bits per heavy atom. The number of nitrogens with zero attached hydrogens (tertiary/aromatic N) is 1. The van der Waals surface area contributed by atoms with Gasteiger partial charge in [0.15, 0.2) is 0 Å². The molecule has 1 atom stereocenters. The van der Waals surface area contributed by atoms with E-state index in [0.717, 1.165) is 19.4 Å². The van der Waals surface area contributed by atoms with E-state index in [2.05, 4.69) is 15.6 Å². The summed E-state index contributed by atoms with van der Waals surface area (Å²) in [5.41, 5.74) is 0.679. The number of anilines is 1. The Bertz CT molecular complexity index is 402. The smallest absolute Gasteiger partial charge is 0.241 e. The van der Waals surface area contributed by atoms with Crippen LogP contribution in [0.5, 0.6) is 5.88 Å². The summed E-state index contributed by atoms with van der Waals surface area (Å²) in [5, 5.41) is 5.99. The van der Waals surface area contributed by atoms with Gasteiger partial charge < -0.3 is 20.1 Å². The standard InChI is InChI=1S/C13H19N3O3/c1-18-7-8-19-12-5-4-10(9-15-12)16-13(17)11-3-2-6-14-11/h4-5,9,11,14H,2-3,6-8H2,1H3,(H,16,17)/t11-/m1/s1. The summed E-state index contributed by atoms with van der Waals surface area (Å²) in [6.45, 7) is 1.89. The van der Waals surface area contributed by atoms with Gasteiger partial charge in [0.25, 0.3) is 0 Å². The number of rotatable bonds is 6. The molecule has 6 nitrogen and oxygen atoms in total. The van der Waals surface area contributed by atoms with Crippen molar-refractivity contribution in [2.45, 2.75) is 18.9 Å². The normalized spacial score (nSPS) is 18.3. The van der Waals surface area contributed by atoms with Gasteiger partial charge in [-0.05, 0) is 25.5 Å². The average Bonchev–Trinajstić information content (AvgIpc) is 2.95. The van der Waals surface area contributed by atoms with Gasteiger partial charge in [-0.15, -0.1) is 0 Å². The average molecular weight is 265 g/mol. The van der Waals surface area contributed by atoms with Gasteiger partial charge in [0, 0.05) is 13.2 Å². The van der Waals surface area contributed by atoms with E-state index < -0.39 is 0 Å². The van der Waals surface area contributed by atoms with Crippen LogP contribution in [0.4, 0.5) is 5.69 Å². The van der Waals surface area contributed by atoms with Crippen LogP contribution < -0.4 is 15.4 Å². The van der Waals surface area contributed by atoms with Gasteiger partial charge in [0.1, 0.15) is 6.61 Å². The minimum Gasteiger partial charge on any atom is -0.475 e. The first kappa shape index (κ1) is 13.8. The molecule has 2 rings (SSSR count). The number of nitrogens with one attached hydrogen (secondary N) is 2. The first-order valence-corrected chi connectivity index (χ1v) is 6.41. The molecule has 6 heteroatoms. The maximum absolute atomic E-state index is 11.9. The van der Waals surface area contributed by atoms with Crippen molar-refractivity contribution in [1.82, 2.24) is 10.3 Å². The van der Waals surface area contributed by atoms with Gasteiger partial charge in [-0.25, -0.2) is 4.98 Å². The third kappa shape index (κ3) is 4.18. The number of ether oxygens (including phenoxy) is 2. The Morgan fingerprint density at radius 2 is 2.42 bits per heavy atom. The molecule has 0 saturated carbocycles. The van der Waals surface area contributed by atoms with Crippen LogP contribution in [0.1, 0.15) is 12.8 Å². The van der Waals surface area contributed by atoms with Crippen molar-refractivity contribution in [3.8, 4) is 5.88 Å². The Balaban J connectivity index is 1.82. The van der Waals surface area contributed by atoms with Crippen molar-refractivity contribution in [1.29, 1.82) is 0 Å². The van der Waals surface area contributed by atoms with Gasteiger partial charge >= 0.3 is 0 Å². The van der Waals surface area contributed by atoms with Gasteiger partial charge in [-0.3, -0.25) is 4.79 Å². The Hall–Kier alpha value is -1.66. The van der Waals surface area contributed by atoms with Crippen molar-refractivity contribution in [2.24, 2.45) is 0 Å². The largest absolute Gasteiger partial charge is 0.475 e. The molecule has 1 aromatic rings. The number of carbonyl (C=O) groups is 1. The first-order chi connectivity index (χ1) is 9.29. The zero-order valence-corrected chi connectivity index (χ0v) is 11.0. The van der Waals surface area contributed by atoms with Gasteiger partial charge in [-0.1, -0.05) is 0 Å². The Labute approximate surface area is 112 Å². The van der Waals surface area contributed by atoms with Crippen LogP contribution in [0.3, 0.4) is 0 Å². The molecule has 0 bridgehead atoms. The van der Waals surface area contributed by atoms with E-state index in [0.29, 0.717) is 24.8 Å². The lowest BCUT2D eigenvalue weighted by molar-refractivity contribution is -0.117. The van der Waals surface area contributed by atoms with Crippen LogP contribution in [0.2, 0.25) is 0 Å². The van der Waals surface area contributed by atoms with Gasteiger partial charge in [0.2, 0.25) is 11.8 Å². The minimum absolute atomic E-state index is 0.00708. The summed E-state index contributed by atoms with van der Waals surface area (Å²) >= 11 is 0. The SMILES string of the molecule is COCCOc1ccc(NC(=O)[C@H]2CCCN2)cn1. The maximum Gasteiger partial charge on any atom is 0.241 e. The Morgan fingerprint density at radius 3 is 3.05 bits per heavy atom. The molecule has 104 valence electrons. The predicted octanol–water partition coefficient (Wildman–Crippen LogP) is 0.797. The zero-order chi connectivity index (χ0) is 13.5. The molecule has 2 N–H and O–H groups in total. The van der Waals surface area contributed by atoms with E-state index in [1.54, 1.807) is 25.4 Å². The van der Waals surface area contributed by atoms with E-state index >= 15 is 0 Å². The van der Waals surface area contributed by atoms with E-state index in [1.165, 1.54) is 0 Å². The van der Waals surface area contributed by atoms with Crippen LogP contribution in [-0.2, 0) is 9.53 Å². The number of hydrogen-bond acceptors (Lipinski definition) is 5. The topological polar surface area (TPSA) is 72.5 Å². The van der Waals surface area contributed by atoms with Crippen LogP contribution in [-0.4, -0.2) is 43.8 Å². The van der Waals surface area contributed by atoms with Crippen LogP contribution in [0, 0.1) is 0 Å². The molecule has 0 radical (unpaired) electrons. The summed E-state index contributed by atoms with van der Waals surface area (Å²) in [6.07, 6.45) is 3.52. The van der Waals surface area contributed by atoms with Crippen LogP contribution in [0.15, 0.2) is 18.3 Å². The highest BCUT2D eigenvalue weighted by molar-refractivity contribution is 5.94. The van der Waals surface area contributed by atoms with Crippen LogP contribution >= 0.6 is 0 Å². The fourth-order valence-electron chi connectivity index (χ4n) is 1.91. The van der Waals surface area contributed by atoms with Crippen molar-refractivity contribution in [3.63, 3.8) is 0 Å². The number of aromatic nitrogens is 1. The summed E-state index contributed by atoms with van der Waals surface area (Å²) in [5.74, 6) is 0.515. The second kappa shape index (κ2) is 7.06. The molecule has 0 aromatic carbocycles. The second-order valence-corrected chi connectivity index (χ2v) is 4.36. The number of carbonyl (C=O) groups excluding carboxylic acids is 1. The van der Waals surface area contributed by atoms with Gasteiger partial charge in [0.05, 0.1) is 24.5 Å². The lowest BCUT2D eigenvalue weighted by Gasteiger charge is -2.11. The molecule has 1 saturated heterocycles. The van der Waals surface area contributed by atoms with Crippen molar-refractivity contribution < 1.29 is 14.3 Å². The fourth-order valence-corrected chi connectivity index (χ4v) is 1.91. The molecule has 2 heterocycles. The van der Waals surface area contributed by atoms with Crippen molar-refractivity contribution >= 4 is 11.6 Å². The van der Waals surface area contributed by atoms with E-state index in [-0.39, 0.29) is 11.9 Å². The summed E-state index contributed by atoms with van der Waals surface area (Å²) in [7, 11) is 1.62. The molecule has 0 aliphatic carbocycles. The number of hydrogen-bond donors (Lipinski definition) is 2. The van der Waals surface area contributed by atoms with Crippen molar-refractivity contribution in [2.75, 3.05) is 32.2 Å². The molecular weight excluding hydrogens is 246 g/mol. The lowest BCUT2D eigenvalue weighted by atomic mass is 10.2. The fraction of sp³-hybridized carbons (Fsp3) is 0.538. The summed E-state index contributed by atoms with van der Waals surface area (Å²) < 4.78 is 10.2. The highest BCUT2D eigenvalue weighted by Gasteiger charge is 2.21. The molecule has 1 fully saturated rings. The third-order valence-electron chi connectivity index (χ3n) is 2.92. The second-order valence-electron chi connectivity index (χ2n) is 4.36. The monoisotopic (exact) mass is 265 g/mol. The number of amides is 1. The third-order valence-corrected chi connectivity index (χ3v) is 2.92. The molecule has 1 aromatic heterocycles. The quantitative estimate of drug-likeness (QED) is 0.744. The molecule has 1 aliphatic rings. The minimum atomic E-state index is -0.0855. The molecule has 0 unspecified atom stereocenters. The van der Waals surface area contributed by atoms with Gasteiger partial charge in [-0.2, -0.15) is 0 Å². The lowest BCUT2D eigenvalue weighted by Crippen LogP contribution is -2.35. The summed E-state index contributed by atoms with van der Waals surface area (Å²) in [6, 6.07) is 3.42. The number of pyridine rings is 1. The van der Waals surface area contributed by atoms with E-state index in [9.17, 15) is 4.79 Å². The van der Waals surface area contributed by atoms with Crippen molar-refractivity contribution in [3.05, 3.63) is 18.3 Å². The zero-order valence-electron chi connectivity index (χ0n) is 11.0. The first-order valence-electron chi connectivity index (χ1n) is 6.41. The Kier molecular flexibility index (Phi) is 5.11. The highest BCUT2D eigenvalue weighted by Crippen LogP contribution is 2.13. The van der Waals surface area contributed by atoms with E-state index in [1.807, 2.05) is 0 Å². The molecule has 0 spiro atoms. The van der Waals surface area contributed by atoms with Crippen LogP contribution in [0.25, 0.3) is 0 Å². The maximum atomic E-state index is 11.9. The molecule has 1 aliphatic heterocycles. The molecule has 19 heavy (non-hydrogen) atoms. The molecular formula is C13H19N3O3. The number of methoxy groups -OCH3 is 1. The summed E-state index contributed by atoms with van der Waals surface area (Å²) in [4.78, 5) is 16.0. The highest BCUT2D eigenvalue weighted by atomic mass is 16.5.